The Hall–Kier alpha value is -1.68. The van der Waals surface area contributed by atoms with E-state index in [4.69, 9.17) is 10.5 Å². The fraction of sp³-hybridized carbons (Fsp3) is 0.350. The van der Waals surface area contributed by atoms with Crippen LogP contribution in [0.4, 0.5) is 11.5 Å². The largest absolute Gasteiger partial charge is 0.383 e. The van der Waals surface area contributed by atoms with Crippen LogP contribution >= 0.6 is 39.0 Å². The summed E-state index contributed by atoms with van der Waals surface area (Å²) < 4.78 is 7.01. The zero-order chi connectivity index (χ0) is 20.6. The summed E-state index contributed by atoms with van der Waals surface area (Å²) >= 11 is 6.26. The number of nitrogens with two attached hydrogens (primary N) is 1. The lowest BCUT2D eigenvalue weighted by atomic mass is 9.90. The van der Waals surface area contributed by atoms with Crippen molar-refractivity contribution in [3.05, 3.63) is 39.2 Å². The lowest BCUT2D eigenvalue weighted by molar-refractivity contribution is -0.113. The zero-order valence-electron chi connectivity index (χ0n) is 16.1. The minimum absolute atomic E-state index is 0.114. The predicted octanol–water partition coefficient (Wildman–Crippen LogP) is 5.01. The van der Waals surface area contributed by atoms with Gasteiger partial charge in [0.2, 0.25) is 5.91 Å². The van der Waals surface area contributed by atoms with Gasteiger partial charge in [0.25, 0.3) is 0 Å². The number of benzene rings is 1. The highest BCUT2D eigenvalue weighted by atomic mass is 79.9. The van der Waals surface area contributed by atoms with E-state index in [1.165, 1.54) is 22.2 Å². The first-order valence-electron chi connectivity index (χ1n) is 9.27. The van der Waals surface area contributed by atoms with Gasteiger partial charge < -0.3 is 15.8 Å². The Kier molecular flexibility index (Phi) is 5.83. The quantitative estimate of drug-likeness (QED) is 0.384. The average Bonchev–Trinajstić information content (AvgIpc) is 3.06. The smallest absolute Gasteiger partial charge is 0.234 e. The van der Waals surface area contributed by atoms with Crippen LogP contribution in [0, 0.1) is 0 Å². The Balaban J connectivity index is 1.49. The molecule has 6 nitrogen and oxygen atoms in total. The number of nitrogen functional groups attached to an aromatic ring is 1. The Labute approximate surface area is 185 Å². The molecular formula is C20H21BrN4O2S2. The first-order valence-corrected chi connectivity index (χ1v) is 11.9. The lowest BCUT2D eigenvalue weighted by Crippen LogP contribution is -2.33. The van der Waals surface area contributed by atoms with Crippen LogP contribution in [0.5, 0.6) is 0 Å². The molecule has 0 saturated heterocycles. The Bertz CT molecular complexity index is 1070. The maximum Gasteiger partial charge on any atom is 0.234 e. The van der Waals surface area contributed by atoms with E-state index in [0.29, 0.717) is 17.6 Å². The standard InChI is InChI=1S/C20H21BrN4O2S2/c1-3-20(2)8-13-14(9-27-20)29-18-16(13)17(22)24-19(25-18)28-10-15(26)23-12-6-4-11(21)5-7-12/h4-7H,3,8-10H2,1-2H3,(H,23,26)(H2,22,24,25)/t20-/m0/s1. The maximum absolute atomic E-state index is 12.2. The molecule has 1 aliphatic heterocycles. The lowest BCUT2D eigenvalue weighted by Gasteiger charge is -2.33. The number of hydrogen-bond donors (Lipinski definition) is 2. The zero-order valence-corrected chi connectivity index (χ0v) is 19.3. The highest BCUT2D eigenvalue weighted by Crippen LogP contribution is 2.41. The third kappa shape index (κ3) is 4.42. The third-order valence-corrected chi connectivity index (χ3v) is 7.53. The predicted molar refractivity (Wildman–Crippen MR) is 123 cm³/mol. The molecule has 0 saturated carbocycles. The van der Waals surface area contributed by atoms with E-state index in [9.17, 15) is 4.79 Å². The number of carbonyl (C=O) groups excluding carboxylic acids is 1. The molecule has 152 valence electrons. The summed E-state index contributed by atoms with van der Waals surface area (Å²) in [6.07, 6.45) is 1.75. The molecule has 0 radical (unpaired) electrons. The van der Waals surface area contributed by atoms with Crippen molar-refractivity contribution in [1.29, 1.82) is 0 Å². The number of fused-ring (bicyclic) bond motifs is 3. The molecule has 4 rings (SSSR count). The molecule has 1 amide bonds. The van der Waals surface area contributed by atoms with Gasteiger partial charge in [0.1, 0.15) is 10.6 Å². The number of thiophene rings is 1. The second-order valence-electron chi connectivity index (χ2n) is 7.19. The molecule has 0 bridgehead atoms. The van der Waals surface area contributed by atoms with Crippen molar-refractivity contribution in [2.75, 3.05) is 16.8 Å². The van der Waals surface area contributed by atoms with Gasteiger partial charge >= 0.3 is 0 Å². The number of carbonyl (C=O) groups is 1. The monoisotopic (exact) mass is 492 g/mol. The van der Waals surface area contributed by atoms with Crippen LogP contribution in [0.25, 0.3) is 10.2 Å². The number of rotatable bonds is 5. The molecule has 1 aromatic carbocycles. The van der Waals surface area contributed by atoms with Gasteiger partial charge in [0.15, 0.2) is 5.16 Å². The maximum atomic E-state index is 12.2. The molecule has 0 unspecified atom stereocenters. The molecule has 1 atom stereocenters. The molecule has 29 heavy (non-hydrogen) atoms. The van der Waals surface area contributed by atoms with Crippen molar-refractivity contribution in [3.8, 4) is 0 Å². The van der Waals surface area contributed by atoms with Crippen LogP contribution < -0.4 is 11.1 Å². The highest BCUT2D eigenvalue weighted by molar-refractivity contribution is 9.10. The van der Waals surface area contributed by atoms with Crippen molar-refractivity contribution in [3.63, 3.8) is 0 Å². The number of anilines is 2. The fourth-order valence-corrected chi connectivity index (χ4v) is 5.32. The summed E-state index contributed by atoms with van der Waals surface area (Å²) in [6.45, 7) is 4.84. The van der Waals surface area contributed by atoms with Crippen molar-refractivity contribution in [2.45, 2.75) is 44.1 Å². The summed E-state index contributed by atoms with van der Waals surface area (Å²) in [7, 11) is 0. The Morgan fingerprint density at radius 1 is 1.38 bits per heavy atom. The molecule has 3 N–H and O–H groups in total. The van der Waals surface area contributed by atoms with Gasteiger partial charge in [-0.25, -0.2) is 9.97 Å². The summed E-state index contributed by atoms with van der Waals surface area (Å²) in [5, 5.41) is 4.32. The molecule has 2 aromatic heterocycles. The fourth-order valence-electron chi connectivity index (χ4n) is 3.23. The van der Waals surface area contributed by atoms with Crippen molar-refractivity contribution in [1.82, 2.24) is 9.97 Å². The number of hydrogen-bond acceptors (Lipinski definition) is 7. The van der Waals surface area contributed by atoms with E-state index in [1.54, 1.807) is 11.3 Å². The van der Waals surface area contributed by atoms with E-state index in [-0.39, 0.29) is 17.3 Å². The molecule has 3 aromatic rings. The van der Waals surface area contributed by atoms with Gasteiger partial charge in [-0.3, -0.25) is 4.79 Å². The van der Waals surface area contributed by atoms with E-state index in [1.807, 2.05) is 24.3 Å². The second kappa shape index (κ2) is 8.22. The number of amides is 1. The summed E-state index contributed by atoms with van der Waals surface area (Å²) in [4.78, 5) is 23.4. The number of ether oxygens (including phenoxy) is 1. The molecule has 9 heteroatoms. The van der Waals surface area contributed by atoms with E-state index in [0.717, 1.165) is 33.2 Å². The van der Waals surface area contributed by atoms with Crippen LogP contribution in [-0.4, -0.2) is 27.2 Å². The molecule has 0 fully saturated rings. The van der Waals surface area contributed by atoms with Crippen molar-refractivity contribution < 1.29 is 9.53 Å². The van der Waals surface area contributed by atoms with Crippen molar-refractivity contribution in [2.24, 2.45) is 0 Å². The van der Waals surface area contributed by atoms with Gasteiger partial charge in [-0.05, 0) is 43.2 Å². The molecule has 0 spiro atoms. The van der Waals surface area contributed by atoms with Gasteiger partial charge in [-0.1, -0.05) is 34.6 Å². The van der Waals surface area contributed by atoms with Crippen LogP contribution in [0.2, 0.25) is 0 Å². The van der Waals surface area contributed by atoms with Crippen molar-refractivity contribution >= 4 is 66.7 Å². The first kappa shape index (κ1) is 20.6. The molecule has 0 aliphatic carbocycles. The minimum atomic E-state index is -0.175. The number of nitrogens with one attached hydrogen (secondary N) is 1. The number of nitrogens with zero attached hydrogens (tertiary/aromatic N) is 2. The number of aromatic nitrogens is 2. The Morgan fingerprint density at radius 3 is 2.86 bits per heavy atom. The Morgan fingerprint density at radius 2 is 2.14 bits per heavy atom. The summed E-state index contributed by atoms with van der Waals surface area (Å²) in [5.74, 6) is 0.573. The second-order valence-corrected chi connectivity index (χ2v) is 10.1. The van der Waals surface area contributed by atoms with E-state index in [2.05, 4.69) is 45.1 Å². The van der Waals surface area contributed by atoms with Crippen LogP contribution in [0.1, 0.15) is 30.7 Å². The summed E-state index contributed by atoms with van der Waals surface area (Å²) in [5.41, 5.74) is 8.08. The third-order valence-electron chi connectivity index (χ3n) is 5.05. The van der Waals surface area contributed by atoms with Crippen LogP contribution in [-0.2, 0) is 22.6 Å². The van der Waals surface area contributed by atoms with Crippen LogP contribution in [0.3, 0.4) is 0 Å². The highest BCUT2D eigenvalue weighted by Gasteiger charge is 2.33. The van der Waals surface area contributed by atoms with Gasteiger partial charge in [0, 0.05) is 21.5 Å². The molecule has 1 aliphatic rings. The van der Waals surface area contributed by atoms with E-state index < -0.39 is 0 Å². The summed E-state index contributed by atoms with van der Waals surface area (Å²) in [6, 6.07) is 7.45. The van der Waals surface area contributed by atoms with Crippen LogP contribution in [0.15, 0.2) is 33.9 Å². The average molecular weight is 493 g/mol. The number of thioether (sulfide) groups is 1. The number of halogens is 1. The van der Waals surface area contributed by atoms with Gasteiger partial charge in [0.05, 0.1) is 23.3 Å². The van der Waals surface area contributed by atoms with Gasteiger partial charge in [-0.15, -0.1) is 11.3 Å². The first-order chi connectivity index (χ1) is 13.9. The van der Waals surface area contributed by atoms with E-state index >= 15 is 0 Å². The van der Waals surface area contributed by atoms with Gasteiger partial charge in [-0.2, -0.15) is 0 Å². The normalized spacial score (nSPS) is 18.6. The molecular weight excluding hydrogens is 472 g/mol. The topological polar surface area (TPSA) is 90.1 Å². The molecule has 3 heterocycles. The minimum Gasteiger partial charge on any atom is -0.383 e. The SMILES string of the molecule is CC[C@@]1(C)Cc2c(sc3nc(SCC(=O)Nc4ccc(Br)cc4)nc(N)c23)CO1.